The topological polar surface area (TPSA) is 219 Å². The number of urea groups is 1. The van der Waals surface area contributed by atoms with E-state index >= 15 is 0 Å². The second-order valence-corrected chi connectivity index (χ2v) is 14.8. The molecule has 2 heterocycles. The molecule has 1 aliphatic heterocycles. The third-order valence-electron chi connectivity index (χ3n) is 9.85. The highest BCUT2D eigenvalue weighted by Gasteiger charge is 2.33. The number of aryl methyl sites for hydroxylation is 2. The standard InChI is InChI=1S/C40H58N10O5/c1-26(2)23-34(45-39(54)35(25-30-15-9-6-10-16-30)44-36(51)32(42)24-29-13-7-5-8-14-29)38(53)43-33(17-11-12-20-41)37(52)46-40(55)49-21-18-31(19-22-49)50-27(3)47-48-28(50)4/h5-10,13-16,26,31-35H,11-12,17-25,41-42H2,1-4H3,(H,43,53)(H,44,51)(H,45,54)(H,46,52,55)/t32-,33-,34-,35-/m1/s1. The first kappa shape index (κ1) is 42.6. The van der Waals surface area contributed by atoms with Gasteiger partial charge in [0.25, 0.3) is 5.91 Å². The van der Waals surface area contributed by atoms with Crippen LogP contribution in [0.1, 0.15) is 81.2 Å². The lowest BCUT2D eigenvalue weighted by atomic mass is 9.99. The number of nitrogens with zero attached hydrogens (tertiary/aromatic N) is 4. The van der Waals surface area contributed by atoms with Crippen LogP contribution in [0.25, 0.3) is 0 Å². The number of aromatic nitrogens is 3. The van der Waals surface area contributed by atoms with Crippen LogP contribution in [0.4, 0.5) is 4.79 Å². The van der Waals surface area contributed by atoms with Gasteiger partial charge in [0.1, 0.15) is 29.8 Å². The van der Waals surface area contributed by atoms with E-state index in [2.05, 4.69) is 36.0 Å². The zero-order valence-electron chi connectivity index (χ0n) is 32.5. The molecule has 4 rings (SSSR count). The molecule has 1 fully saturated rings. The normalized spacial score (nSPS) is 15.4. The second kappa shape index (κ2) is 21.1. The molecule has 6 amide bonds. The molecule has 0 unspecified atom stereocenters. The number of amides is 6. The Balaban J connectivity index is 1.43. The molecule has 1 aliphatic rings. The molecule has 4 atom stereocenters. The highest BCUT2D eigenvalue weighted by atomic mass is 16.2. The van der Waals surface area contributed by atoms with Gasteiger partial charge in [0.05, 0.1) is 6.04 Å². The smallest absolute Gasteiger partial charge is 0.324 e. The van der Waals surface area contributed by atoms with Gasteiger partial charge in [-0.25, -0.2) is 4.79 Å². The number of nitrogens with two attached hydrogens (primary N) is 2. The van der Waals surface area contributed by atoms with Crippen LogP contribution in [-0.4, -0.2) is 93.1 Å². The summed E-state index contributed by atoms with van der Waals surface area (Å²) in [7, 11) is 0. The highest BCUT2D eigenvalue weighted by Crippen LogP contribution is 2.24. The molecular weight excluding hydrogens is 701 g/mol. The van der Waals surface area contributed by atoms with Gasteiger partial charge in [0, 0.05) is 25.6 Å². The molecule has 0 saturated carbocycles. The van der Waals surface area contributed by atoms with Crippen molar-refractivity contribution in [1.82, 2.24) is 40.9 Å². The SMILES string of the molecule is Cc1nnc(C)n1C1CCN(C(=O)NC(=O)[C@@H](CCCCN)NC(=O)[C@@H](CC(C)C)NC(=O)[C@@H](Cc2ccccc2)NC(=O)[C@H](N)Cc2ccccc2)CC1. The van der Waals surface area contributed by atoms with Crippen LogP contribution in [0, 0.1) is 19.8 Å². The largest absolute Gasteiger partial charge is 0.343 e. The van der Waals surface area contributed by atoms with Gasteiger partial charge in [-0.2, -0.15) is 0 Å². The Hall–Kier alpha value is -5.15. The Morgan fingerprint density at radius 1 is 0.727 bits per heavy atom. The molecule has 0 spiro atoms. The van der Waals surface area contributed by atoms with Crippen molar-refractivity contribution < 1.29 is 24.0 Å². The van der Waals surface area contributed by atoms with Crippen LogP contribution in [0.3, 0.4) is 0 Å². The van der Waals surface area contributed by atoms with Crippen LogP contribution in [0.2, 0.25) is 0 Å². The lowest BCUT2D eigenvalue weighted by Gasteiger charge is -2.33. The molecule has 15 heteroatoms. The first-order valence-electron chi connectivity index (χ1n) is 19.3. The third-order valence-corrected chi connectivity index (χ3v) is 9.85. The molecule has 0 aliphatic carbocycles. The molecule has 0 radical (unpaired) electrons. The Kier molecular flexibility index (Phi) is 16.3. The average molecular weight is 759 g/mol. The van der Waals surface area contributed by atoms with Crippen LogP contribution in [-0.2, 0) is 32.0 Å². The van der Waals surface area contributed by atoms with Crippen molar-refractivity contribution in [3.05, 3.63) is 83.4 Å². The van der Waals surface area contributed by atoms with Gasteiger partial charge in [-0.3, -0.25) is 24.5 Å². The quantitative estimate of drug-likeness (QED) is 0.105. The summed E-state index contributed by atoms with van der Waals surface area (Å²) in [5, 5.41) is 19.3. The van der Waals surface area contributed by atoms with E-state index in [-0.39, 0.29) is 37.6 Å². The fourth-order valence-corrected chi connectivity index (χ4v) is 6.91. The van der Waals surface area contributed by atoms with Crippen molar-refractivity contribution in [2.45, 2.75) is 109 Å². The lowest BCUT2D eigenvalue weighted by molar-refractivity contribution is -0.134. The number of benzene rings is 2. The van der Waals surface area contributed by atoms with E-state index < -0.39 is 53.8 Å². The zero-order chi connectivity index (χ0) is 39.9. The number of piperidine rings is 1. The van der Waals surface area contributed by atoms with Crippen LogP contribution >= 0.6 is 0 Å². The predicted molar refractivity (Wildman–Crippen MR) is 209 cm³/mol. The van der Waals surface area contributed by atoms with E-state index in [1.807, 2.05) is 88.4 Å². The summed E-state index contributed by atoms with van der Waals surface area (Å²) in [6.45, 7) is 8.90. The fourth-order valence-electron chi connectivity index (χ4n) is 6.91. The third kappa shape index (κ3) is 13.0. The van der Waals surface area contributed by atoms with Gasteiger partial charge in [0.15, 0.2) is 0 Å². The minimum atomic E-state index is -1.05. The molecule has 298 valence electrons. The summed E-state index contributed by atoms with van der Waals surface area (Å²) in [6, 6.07) is 14.2. The molecule has 3 aromatic rings. The van der Waals surface area contributed by atoms with Crippen LogP contribution in [0.5, 0.6) is 0 Å². The minimum Gasteiger partial charge on any atom is -0.343 e. The summed E-state index contributed by atoms with van der Waals surface area (Å²) in [5.41, 5.74) is 13.7. The van der Waals surface area contributed by atoms with E-state index in [0.29, 0.717) is 45.3 Å². The molecule has 1 aromatic heterocycles. The average Bonchev–Trinajstić information content (AvgIpc) is 3.51. The van der Waals surface area contributed by atoms with Gasteiger partial charge in [0.2, 0.25) is 17.7 Å². The number of imide groups is 1. The highest BCUT2D eigenvalue weighted by molar-refractivity contribution is 6.00. The Morgan fingerprint density at radius 2 is 1.25 bits per heavy atom. The van der Waals surface area contributed by atoms with Gasteiger partial charge >= 0.3 is 6.03 Å². The number of carbonyl (C=O) groups is 5. The Morgan fingerprint density at radius 3 is 1.82 bits per heavy atom. The summed E-state index contributed by atoms with van der Waals surface area (Å²) in [6.07, 6.45) is 3.44. The molecule has 8 N–H and O–H groups in total. The maximum atomic E-state index is 13.9. The van der Waals surface area contributed by atoms with E-state index in [9.17, 15) is 24.0 Å². The fraction of sp³-hybridized carbons (Fsp3) is 0.525. The van der Waals surface area contributed by atoms with E-state index in [0.717, 1.165) is 22.8 Å². The number of rotatable bonds is 18. The first-order chi connectivity index (χ1) is 26.4. The molecule has 15 nitrogen and oxygen atoms in total. The van der Waals surface area contributed by atoms with Gasteiger partial charge < -0.3 is 36.9 Å². The van der Waals surface area contributed by atoms with Gasteiger partial charge in [-0.1, -0.05) is 74.5 Å². The molecule has 2 aromatic carbocycles. The maximum Gasteiger partial charge on any atom is 0.324 e. The monoisotopic (exact) mass is 758 g/mol. The van der Waals surface area contributed by atoms with Crippen molar-refractivity contribution in [3.8, 4) is 0 Å². The van der Waals surface area contributed by atoms with Crippen LogP contribution in [0.15, 0.2) is 60.7 Å². The Labute approximate surface area is 323 Å². The number of nitrogens with one attached hydrogen (secondary N) is 4. The molecule has 55 heavy (non-hydrogen) atoms. The second-order valence-electron chi connectivity index (χ2n) is 14.8. The first-order valence-corrected chi connectivity index (χ1v) is 19.3. The summed E-state index contributed by atoms with van der Waals surface area (Å²) < 4.78 is 2.08. The summed E-state index contributed by atoms with van der Waals surface area (Å²) >= 11 is 0. The lowest BCUT2D eigenvalue weighted by Crippen LogP contribution is -2.59. The maximum absolute atomic E-state index is 13.9. The van der Waals surface area contributed by atoms with Crippen molar-refractivity contribution in [3.63, 3.8) is 0 Å². The van der Waals surface area contributed by atoms with Crippen LogP contribution < -0.4 is 32.7 Å². The molecule has 1 saturated heterocycles. The van der Waals surface area contributed by atoms with E-state index in [4.69, 9.17) is 11.5 Å². The van der Waals surface area contributed by atoms with Crippen molar-refractivity contribution in [2.24, 2.45) is 17.4 Å². The van der Waals surface area contributed by atoms with E-state index in [1.54, 1.807) is 4.90 Å². The van der Waals surface area contributed by atoms with Crippen molar-refractivity contribution in [1.29, 1.82) is 0 Å². The van der Waals surface area contributed by atoms with Crippen molar-refractivity contribution in [2.75, 3.05) is 19.6 Å². The number of unbranched alkanes of at least 4 members (excludes halogenated alkanes) is 1. The number of hydrogen-bond acceptors (Lipinski definition) is 9. The number of carbonyl (C=O) groups excluding carboxylic acids is 5. The van der Waals surface area contributed by atoms with Gasteiger partial charge in [-0.05, 0) is 82.4 Å². The van der Waals surface area contributed by atoms with Gasteiger partial charge in [-0.15, -0.1) is 10.2 Å². The molecular formula is C40H58N10O5. The van der Waals surface area contributed by atoms with Crippen molar-refractivity contribution >= 4 is 29.7 Å². The zero-order valence-corrected chi connectivity index (χ0v) is 32.5. The summed E-state index contributed by atoms with van der Waals surface area (Å²) in [4.78, 5) is 69.6. The Bertz CT molecular complexity index is 1690. The summed E-state index contributed by atoms with van der Waals surface area (Å²) in [5.74, 6) is -0.662. The van der Waals surface area contributed by atoms with E-state index in [1.165, 1.54) is 0 Å². The predicted octanol–water partition coefficient (Wildman–Crippen LogP) is 2.21. The minimum absolute atomic E-state index is 0.0165. The molecule has 0 bridgehead atoms. The number of hydrogen-bond donors (Lipinski definition) is 6. The number of likely N-dealkylation sites (tertiary alicyclic amines) is 1.